The third-order valence-electron chi connectivity index (χ3n) is 4.44. The van der Waals surface area contributed by atoms with Gasteiger partial charge in [0.05, 0.1) is 25.3 Å². The zero-order valence-electron chi connectivity index (χ0n) is 14.5. The van der Waals surface area contributed by atoms with E-state index in [2.05, 4.69) is 40.4 Å². The minimum absolute atomic E-state index is 0.245. The van der Waals surface area contributed by atoms with Crippen molar-refractivity contribution in [2.45, 2.75) is 45.1 Å². The lowest BCUT2D eigenvalue weighted by atomic mass is 9.77. The van der Waals surface area contributed by atoms with Gasteiger partial charge in [-0.3, -0.25) is 9.78 Å². The fourth-order valence-corrected chi connectivity index (χ4v) is 3.62. The quantitative estimate of drug-likeness (QED) is 0.620. The summed E-state index contributed by atoms with van der Waals surface area (Å²) in [6.07, 6.45) is 7.16. The Kier molecular flexibility index (Phi) is 6.27. The Morgan fingerprint density at radius 1 is 1.35 bits per heavy atom. The molecule has 0 aromatic carbocycles. The molecule has 1 saturated heterocycles. The first kappa shape index (κ1) is 18.0. The van der Waals surface area contributed by atoms with Crippen molar-refractivity contribution in [2.24, 2.45) is 11.3 Å². The second kappa shape index (κ2) is 7.99. The molecule has 6 heteroatoms. The van der Waals surface area contributed by atoms with E-state index < -0.39 is 0 Å². The Balaban J connectivity index is 2.00. The van der Waals surface area contributed by atoms with Crippen LogP contribution in [0.3, 0.4) is 0 Å². The van der Waals surface area contributed by atoms with Crippen molar-refractivity contribution in [2.75, 3.05) is 30.9 Å². The lowest BCUT2D eigenvalue weighted by Gasteiger charge is -2.29. The van der Waals surface area contributed by atoms with E-state index in [9.17, 15) is 4.79 Å². The molecule has 0 amide bonds. The van der Waals surface area contributed by atoms with Gasteiger partial charge < -0.3 is 9.64 Å². The van der Waals surface area contributed by atoms with Gasteiger partial charge in [0, 0.05) is 13.1 Å². The summed E-state index contributed by atoms with van der Waals surface area (Å²) in [5.41, 5.74) is 0.361. The zero-order chi connectivity index (χ0) is 16.9. The van der Waals surface area contributed by atoms with Crippen LogP contribution in [0.5, 0.6) is 0 Å². The standard InChI is InChI=1S/C17H27N3O2S/c1-17(2,3)13-6-5-8-20(9-7-13)14-10-18-11-15(19-14)23-12-16(21)22-4/h10-11,13H,5-9,12H2,1-4H3. The van der Waals surface area contributed by atoms with E-state index in [1.807, 2.05) is 6.20 Å². The normalized spacial score (nSPS) is 19.3. The molecule has 1 aromatic rings. The lowest BCUT2D eigenvalue weighted by Crippen LogP contribution is -2.27. The van der Waals surface area contributed by atoms with E-state index in [1.165, 1.54) is 38.1 Å². The van der Waals surface area contributed by atoms with E-state index >= 15 is 0 Å². The van der Waals surface area contributed by atoms with Crippen LogP contribution in [-0.2, 0) is 9.53 Å². The number of hydrogen-bond acceptors (Lipinski definition) is 6. The second-order valence-corrected chi connectivity index (χ2v) is 8.06. The highest BCUT2D eigenvalue weighted by Gasteiger charge is 2.27. The molecule has 1 aliphatic rings. The van der Waals surface area contributed by atoms with Crippen LogP contribution in [0.2, 0.25) is 0 Å². The second-order valence-electron chi connectivity index (χ2n) is 7.06. The molecule has 1 atom stereocenters. The van der Waals surface area contributed by atoms with Gasteiger partial charge >= 0.3 is 5.97 Å². The molecule has 1 unspecified atom stereocenters. The molecule has 0 saturated carbocycles. The van der Waals surface area contributed by atoms with Gasteiger partial charge in [0.25, 0.3) is 0 Å². The van der Waals surface area contributed by atoms with E-state index in [0.29, 0.717) is 5.41 Å². The molecule has 128 valence electrons. The highest BCUT2D eigenvalue weighted by Crippen LogP contribution is 2.35. The fraction of sp³-hybridized carbons (Fsp3) is 0.706. The van der Waals surface area contributed by atoms with Gasteiger partial charge in [-0.2, -0.15) is 0 Å². The van der Waals surface area contributed by atoms with Crippen molar-refractivity contribution >= 4 is 23.5 Å². The first-order valence-corrected chi connectivity index (χ1v) is 9.15. The van der Waals surface area contributed by atoms with Crippen molar-refractivity contribution in [3.05, 3.63) is 12.4 Å². The predicted octanol–water partition coefficient (Wildman–Crippen LogP) is 3.39. The number of thioether (sulfide) groups is 1. The maximum Gasteiger partial charge on any atom is 0.316 e. The van der Waals surface area contributed by atoms with Crippen LogP contribution in [0.4, 0.5) is 5.82 Å². The summed E-state index contributed by atoms with van der Waals surface area (Å²) < 4.78 is 4.66. The largest absolute Gasteiger partial charge is 0.468 e. The number of nitrogens with zero attached hydrogens (tertiary/aromatic N) is 3. The monoisotopic (exact) mass is 337 g/mol. The number of esters is 1. The highest BCUT2D eigenvalue weighted by molar-refractivity contribution is 7.99. The Bertz CT molecular complexity index is 531. The van der Waals surface area contributed by atoms with Gasteiger partial charge in [-0.1, -0.05) is 32.5 Å². The fourth-order valence-electron chi connectivity index (χ4n) is 2.94. The zero-order valence-corrected chi connectivity index (χ0v) is 15.4. The molecule has 1 aromatic heterocycles. The number of rotatable bonds is 4. The molecule has 1 aliphatic heterocycles. The molecule has 0 bridgehead atoms. The molecule has 23 heavy (non-hydrogen) atoms. The number of hydrogen-bond donors (Lipinski definition) is 0. The molecule has 0 radical (unpaired) electrons. The number of aromatic nitrogens is 2. The minimum Gasteiger partial charge on any atom is -0.468 e. The predicted molar refractivity (Wildman–Crippen MR) is 93.8 cm³/mol. The van der Waals surface area contributed by atoms with Crippen LogP contribution in [0, 0.1) is 11.3 Å². The number of ether oxygens (including phenoxy) is 1. The van der Waals surface area contributed by atoms with Gasteiger partial charge in [0.15, 0.2) is 0 Å². The minimum atomic E-state index is -0.245. The summed E-state index contributed by atoms with van der Waals surface area (Å²) in [6.45, 7) is 9.03. The Labute approximate surface area is 143 Å². The topological polar surface area (TPSA) is 55.3 Å². The van der Waals surface area contributed by atoms with Gasteiger partial charge in [-0.25, -0.2) is 4.98 Å². The van der Waals surface area contributed by atoms with Gasteiger partial charge in [-0.15, -0.1) is 0 Å². The molecular weight excluding hydrogens is 310 g/mol. The van der Waals surface area contributed by atoms with Crippen LogP contribution < -0.4 is 4.90 Å². The maximum absolute atomic E-state index is 11.2. The van der Waals surface area contributed by atoms with Gasteiger partial charge in [0.2, 0.25) is 0 Å². The van der Waals surface area contributed by atoms with Crippen LogP contribution in [0.25, 0.3) is 0 Å². The van der Waals surface area contributed by atoms with E-state index in [1.54, 1.807) is 6.20 Å². The number of methoxy groups -OCH3 is 1. The third kappa shape index (κ3) is 5.37. The SMILES string of the molecule is COC(=O)CSc1cncc(N2CCCC(C(C)(C)C)CC2)n1. The molecule has 0 N–H and O–H groups in total. The Morgan fingerprint density at radius 2 is 2.13 bits per heavy atom. The molecular formula is C17H27N3O2S. The Morgan fingerprint density at radius 3 is 2.83 bits per heavy atom. The average Bonchev–Trinajstić information content (AvgIpc) is 2.78. The van der Waals surface area contributed by atoms with Crippen molar-refractivity contribution in [1.29, 1.82) is 0 Å². The molecule has 5 nitrogen and oxygen atoms in total. The summed E-state index contributed by atoms with van der Waals surface area (Å²) in [6, 6.07) is 0. The maximum atomic E-state index is 11.2. The van der Waals surface area contributed by atoms with E-state index in [4.69, 9.17) is 0 Å². The van der Waals surface area contributed by atoms with Gasteiger partial charge in [0.1, 0.15) is 10.8 Å². The van der Waals surface area contributed by atoms with Crippen molar-refractivity contribution in [1.82, 2.24) is 9.97 Å². The summed E-state index contributed by atoms with van der Waals surface area (Å²) in [7, 11) is 1.40. The molecule has 0 aliphatic carbocycles. The van der Waals surface area contributed by atoms with Crippen molar-refractivity contribution in [3.63, 3.8) is 0 Å². The molecule has 2 heterocycles. The van der Waals surface area contributed by atoms with Crippen molar-refractivity contribution < 1.29 is 9.53 Å². The van der Waals surface area contributed by atoms with Crippen LogP contribution in [-0.4, -0.2) is 41.9 Å². The van der Waals surface area contributed by atoms with Crippen LogP contribution in [0.15, 0.2) is 17.4 Å². The van der Waals surface area contributed by atoms with Gasteiger partial charge in [-0.05, 0) is 30.6 Å². The van der Waals surface area contributed by atoms with Crippen LogP contribution in [0.1, 0.15) is 40.0 Å². The summed E-state index contributed by atoms with van der Waals surface area (Å²) >= 11 is 1.37. The average molecular weight is 337 g/mol. The van der Waals surface area contributed by atoms with Crippen LogP contribution >= 0.6 is 11.8 Å². The highest BCUT2D eigenvalue weighted by atomic mass is 32.2. The van der Waals surface area contributed by atoms with E-state index in [-0.39, 0.29) is 11.7 Å². The third-order valence-corrected chi connectivity index (χ3v) is 5.31. The number of anilines is 1. The first-order chi connectivity index (χ1) is 10.9. The van der Waals surface area contributed by atoms with E-state index in [0.717, 1.165) is 29.9 Å². The number of carbonyl (C=O) groups is 1. The summed E-state index contributed by atoms with van der Waals surface area (Å²) in [5.74, 6) is 1.68. The molecule has 0 spiro atoms. The summed E-state index contributed by atoms with van der Waals surface area (Å²) in [4.78, 5) is 22.5. The molecule has 2 rings (SSSR count). The summed E-state index contributed by atoms with van der Waals surface area (Å²) in [5, 5.41) is 0.768. The number of carbonyl (C=O) groups excluding carboxylic acids is 1. The Hall–Kier alpha value is -1.30. The first-order valence-electron chi connectivity index (χ1n) is 8.17. The van der Waals surface area contributed by atoms with Crippen molar-refractivity contribution in [3.8, 4) is 0 Å². The molecule has 1 fully saturated rings. The smallest absolute Gasteiger partial charge is 0.316 e. The lowest BCUT2D eigenvalue weighted by molar-refractivity contribution is -0.137.